The van der Waals surface area contributed by atoms with E-state index in [1.807, 2.05) is 61.6 Å². The van der Waals surface area contributed by atoms with Crippen LogP contribution in [0.25, 0.3) is 11.4 Å². The first kappa shape index (κ1) is 21.5. The number of benzene rings is 2. The lowest BCUT2D eigenvalue weighted by Gasteiger charge is -2.06. The molecule has 148 valence electrons. The van der Waals surface area contributed by atoms with Crippen LogP contribution in [0.4, 0.5) is 5.69 Å². The van der Waals surface area contributed by atoms with Crippen molar-refractivity contribution in [2.45, 2.75) is 25.8 Å². The number of aromatic nitrogens is 4. The van der Waals surface area contributed by atoms with Gasteiger partial charge >= 0.3 is 0 Å². The van der Waals surface area contributed by atoms with Crippen LogP contribution in [0.15, 0.2) is 54.6 Å². The van der Waals surface area contributed by atoms with Crippen LogP contribution in [-0.2, 0) is 17.8 Å². The van der Waals surface area contributed by atoms with Crippen molar-refractivity contribution in [1.29, 1.82) is 0 Å². The van der Waals surface area contributed by atoms with E-state index in [9.17, 15) is 4.79 Å². The van der Waals surface area contributed by atoms with E-state index in [0.717, 1.165) is 36.2 Å². The topological polar surface area (TPSA) is 84.7 Å². The number of rotatable bonds is 9. The molecule has 2 aromatic carbocycles. The normalized spacial score (nSPS) is 10.3. The monoisotopic (exact) mass is 400 g/mol. The first-order valence-electron chi connectivity index (χ1n) is 9.11. The van der Waals surface area contributed by atoms with E-state index in [2.05, 4.69) is 26.0 Å². The third kappa shape index (κ3) is 6.44. The summed E-state index contributed by atoms with van der Waals surface area (Å²) in [5.74, 6) is 0.671. The van der Waals surface area contributed by atoms with Crippen LogP contribution in [0, 0.1) is 0 Å². The van der Waals surface area contributed by atoms with Crippen molar-refractivity contribution < 1.29 is 4.79 Å². The van der Waals surface area contributed by atoms with E-state index >= 15 is 0 Å². The summed E-state index contributed by atoms with van der Waals surface area (Å²) in [4.78, 5) is 13.4. The van der Waals surface area contributed by atoms with Gasteiger partial charge in [0.1, 0.15) is 0 Å². The molecule has 0 spiro atoms. The highest BCUT2D eigenvalue weighted by atomic mass is 35.5. The molecule has 1 aromatic heterocycles. The summed E-state index contributed by atoms with van der Waals surface area (Å²) in [6.07, 6.45) is 2.14. The molecule has 3 rings (SSSR count). The van der Waals surface area contributed by atoms with Crippen molar-refractivity contribution in [3.05, 3.63) is 60.2 Å². The molecule has 2 N–H and O–H groups in total. The maximum absolute atomic E-state index is 11.8. The lowest BCUT2D eigenvalue weighted by Crippen LogP contribution is -2.15. The van der Waals surface area contributed by atoms with Crippen LogP contribution >= 0.6 is 12.4 Å². The minimum Gasteiger partial charge on any atom is -0.326 e. The molecule has 3 aromatic rings. The molecule has 0 aliphatic rings. The number of carbonyl (C=O) groups excluding carboxylic acids is 1. The molecule has 8 heteroatoms. The summed E-state index contributed by atoms with van der Waals surface area (Å²) in [6, 6.07) is 17.7. The van der Waals surface area contributed by atoms with Gasteiger partial charge in [0, 0.05) is 17.7 Å². The molecular formula is C20H25ClN6O. The van der Waals surface area contributed by atoms with Gasteiger partial charge in [0.15, 0.2) is 0 Å². The Morgan fingerprint density at radius 3 is 2.54 bits per heavy atom. The van der Waals surface area contributed by atoms with Crippen LogP contribution in [0.2, 0.25) is 0 Å². The van der Waals surface area contributed by atoms with Gasteiger partial charge in [-0.15, -0.1) is 22.6 Å². The molecule has 0 fully saturated rings. The predicted octanol–water partition coefficient (Wildman–Crippen LogP) is 2.94. The zero-order valence-electron chi connectivity index (χ0n) is 15.8. The highest BCUT2D eigenvalue weighted by Gasteiger charge is 2.06. The molecule has 0 bridgehead atoms. The summed E-state index contributed by atoms with van der Waals surface area (Å²) in [5.41, 5.74) is 2.93. The first-order valence-corrected chi connectivity index (χ1v) is 9.11. The minimum atomic E-state index is 0. The lowest BCUT2D eigenvalue weighted by molar-refractivity contribution is -0.116. The standard InChI is InChI=1S/C20H24N6O.ClH/c1-21-14-5-8-19(27)22-18-11-9-16(10-12-18)13-15-26-24-20(23-25-26)17-6-3-2-4-7-17;/h2-4,6-7,9-12,21H,5,8,13-15H2,1H3,(H,22,27);1H. The SMILES string of the molecule is CNCCCC(=O)Nc1ccc(CCn2nnc(-c3ccccc3)n2)cc1.Cl. The molecular weight excluding hydrogens is 376 g/mol. The minimum absolute atomic E-state index is 0. The Morgan fingerprint density at radius 1 is 1.07 bits per heavy atom. The Labute approximate surface area is 170 Å². The highest BCUT2D eigenvalue weighted by molar-refractivity contribution is 5.90. The maximum atomic E-state index is 11.8. The van der Waals surface area contributed by atoms with Gasteiger partial charge in [-0.05, 0) is 49.3 Å². The van der Waals surface area contributed by atoms with Gasteiger partial charge in [0.25, 0.3) is 0 Å². The molecule has 0 saturated carbocycles. The Hall–Kier alpha value is -2.77. The van der Waals surface area contributed by atoms with Crippen LogP contribution in [-0.4, -0.2) is 39.7 Å². The van der Waals surface area contributed by atoms with Crippen LogP contribution in [0.3, 0.4) is 0 Å². The quantitative estimate of drug-likeness (QED) is 0.539. The second kappa shape index (κ2) is 11.2. The van der Waals surface area contributed by atoms with Gasteiger partial charge in [-0.1, -0.05) is 42.5 Å². The van der Waals surface area contributed by atoms with Gasteiger partial charge in [-0.3, -0.25) is 4.79 Å². The third-order valence-electron chi connectivity index (χ3n) is 4.15. The summed E-state index contributed by atoms with van der Waals surface area (Å²) in [7, 11) is 1.88. The van der Waals surface area contributed by atoms with Crippen LogP contribution in [0.1, 0.15) is 18.4 Å². The zero-order valence-corrected chi connectivity index (χ0v) is 16.7. The van der Waals surface area contributed by atoms with E-state index in [1.165, 1.54) is 0 Å². The molecule has 0 aliphatic heterocycles. The molecule has 1 amide bonds. The van der Waals surface area contributed by atoms with Gasteiger partial charge in [0.05, 0.1) is 6.54 Å². The van der Waals surface area contributed by atoms with Crippen molar-refractivity contribution in [2.24, 2.45) is 0 Å². The van der Waals surface area contributed by atoms with Gasteiger partial charge in [0.2, 0.25) is 11.7 Å². The number of amides is 1. The van der Waals surface area contributed by atoms with Crippen molar-refractivity contribution in [3.8, 4) is 11.4 Å². The number of tetrazole rings is 1. The average molecular weight is 401 g/mol. The molecule has 0 saturated heterocycles. The Kier molecular flexibility index (Phi) is 8.58. The van der Waals surface area contributed by atoms with E-state index in [-0.39, 0.29) is 18.3 Å². The summed E-state index contributed by atoms with van der Waals surface area (Å²) in [6.45, 7) is 1.49. The lowest BCUT2D eigenvalue weighted by atomic mass is 10.1. The molecule has 1 heterocycles. The Balaban J connectivity index is 0.00000280. The number of nitrogens with zero attached hydrogens (tertiary/aromatic N) is 4. The van der Waals surface area contributed by atoms with E-state index in [0.29, 0.717) is 18.8 Å². The van der Waals surface area contributed by atoms with Crippen LogP contribution < -0.4 is 10.6 Å². The number of halogens is 1. The molecule has 0 unspecified atom stereocenters. The zero-order chi connectivity index (χ0) is 18.9. The molecule has 0 radical (unpaired) electrons. The number of anilines is 1. The second-order valence-electron chi connectivity index (χ2n) is 6.28. The smallest absolute Gasteiger partial charge is 0.224 e. The number of hydrogen-bond donors (Lipinski definition) is 2. The van der Waals surface area contributed by atoms with Gasteiger partial charge in [-0.2, -0.15) is 4.80 Å². The van der Waals surface area contributed by atoms with Crippen molar-refractivity contribution in [1.82, 2.24) is 25.5 Å². The number of hydrogen-bond acceptors (Lipinski definition) is 5. The largest absolute Gasteiger partial charge is 0.326 e. The Bertz CT molecular complexity index is 851. The Morgan fingerprint density at radius 2 is 1.82 bits per heavy atom. The number of carbonyl (C=O) groups is 1. The van der Waals surface area contributed by atoms with Crippen LogP contribution in [0.5, 0.6) is 0 Å². The average Bonchev–Trinajstić information content (AvgIpc) is 3.17. The summed E-state index contributed by atoms with van der Waals surface area (Å²) < 4.78 is 0. The molecule has 7 nitrogen and oxygen atoms in total. The predicted molar refractivity (Wildman–Crippen MR) is 112 cm³/mol. The van der Waals surface area contributed by atoms with Gasteiger partial charge < -0.3 is 10.6 Å². The first-order chi connectivity index (χ1) is 13.2. The maximum Gasteiger partial charge on any atom is 0.224 e. The summed E-state index contributed by atoms with van der Waals surface area (Å²) in [5, 5.41) is 18.6. The fourth-order valence-corrected chi connectivity index (χ4v) is 2.67. The van der Waals surface area contributed by atoms with Crippen molar-refractivity contribution >= 4 is 24.0 Å². The fourth-order valence-electron chi connectivity index (χ4n) is 2.67. The van der Waals surface area contributed by atoms with Crippen molar-refractivity contribution in [3.63, 3.8) is 0 Å². The fraction of sp³-hybridized carbons (Fsp3) is 0.300. The third-order valence-corrected chi connectivity index (χ3v) is 4.15. The number of nitrogens with one attached hydrogen (secondary N) is 2. The second-order valence-corrected chi connectivity index (χ2v) is 6.28. The highest BCUT2D eigenvalue weighted by Crippen LogP contribution is 2.13. The van der Waals surface area contributed by atoms with Gasteiger partial charge in [-0.25, -0.2) is 0 Å². The number of aryl methyl sites for hydroxylation is 2. The molecule has 0 aliphatic carbocycles. The van der Waals surface area contributed by atoms with Crippen molar-refractivity contribution in [2.75, 3.05) is 18.9 Å². The summed E-state index contributed by atoms with van der Waals surface area (Å²) >= 11 is 0. The molecule has 28 heavy (non-hydrogen) atoms. The van der Waals surface area contributed by atoms with E-state index in [1.54, 1.807) is 4.80 Å². The molecule has 0 atom stereocenters. The van der Waals surface area contributed by atoms with E-state index in [4.69, 9.17) is 0 Å². The van der Waals surface area contributed by atoms with E-state index < -0.39 is 0 Å².